The van der Waals surface area contributed by atoms with E-state index in [1.807, 2.05) is 0 Å². The van der Waals surface area contributed by atoms with E-state index < -0.39 is 36.3 Å². The Morgan fingerprint density at radius 1 is 1.27 bits per heavy atom. The van der Waals surface area contributed by atoms with Gasteiger partial charge in [-0.25, -0.2) is 4.79 Å². The summed E-state index contributed by atoms with van der Waals surface area (Å²) in [5, 5.41) is 8.98. The van der Waals surface area contributed by atoms with Crippen LogP contribution in [0.3, 0.4) is 0 Å². The number of carbonyl (C=O) groups excluding carboxylic acids is 1. The molecule has 1 N–H and O–H groups in total. The number of carboxylic acid groups (broad SMARTS) is 1. The number of amides is 1. The molecular weight excluding hydrogens is 303 g/mol. The van der Waals surface area contributed by atoms with Crippen LogP contribution in [-0.2, 0) is 15.8 Å². The number of hydrogen-bond acceptors (Lipinski definition) is 3. The fraction of sp³-hybridized carbons (Fsp3) is 0.429. The normalized spacial score (nSPS) is 18.3. The van der Waals surface area contributed by atoms with Gasteiger partial charge in [-0.3, -0.25) is 4.79 Å². The van der Waals surface area contributed by atoms with E-state index in [9.17, 15) is 22.8 Å². The molecule has 1 aromatic carbocycles. The molecule has 2 rings (SSSR count). The Morgan fingerprint density at radius 2 is 1.91 bits per heavy atom. The van der Waals surface area contributed by atoms with Gasteiger partial charge in [-0.15, -0.1) is 0 Å². The topological polar surface area (TPSA) is 66.8 Å². The molecular formula is C14H14F3NO4. The predicted molar refractivity (Wildman–Crippen MR) is 69.3 cm³/mol. The zero-order valence-electron chi connectivity index (χ0n) is 11.5. The molecule has 1 aromatic rings. The molecule has 8 heteroatoms. The fourth-order valence-electron chi connectivity index (χ4n) is 2.29. The average molecular weight is 317 g/mol. The first-order chi connectivity index (χ1) is 10.3. The van der Waals surface area contributed by atoms with Gasteiger partial charge in [0.1, 0.15) is 11.8 Å². The standard InChI is InChI=1S/C14H14F3NO4/c15-14(16,17)9-3-5-10(6-4-9)22-8-12(19)18-7-1-2-11(18)13(20)21/h3-6,11H,1-2,7-8H2,(H,20,21)/t11-/m1/s1. The lowest BCUT2D eigenvalue weighted by Gasteiger charge is -2.21. The van der Waals surface area contributed by atoms with E-state index >= 15 is 0 Å². The predicted octanol–water partition coefficient (Wildman–Crippen LogP) is 2.16. The van der Waals surface area contributed by atoms with E-state index in [0.29, 0.717) is 19.4 Å². The van der Waals surface area contributed by atoms with Crippen molar-refractivity contribution in [2.75, 3.05) is 13.2 Å². The van der Waals surface area contributed by atoms with Crippen LogP contribution in [0.2, 0.25) is 0 Å². The van der Waals surface area contributed by atoms with Crippen LogP contribution < -0.4 is 4.74 Å². The number of ether oxygens (including phenoxy) is 1. The molecule has 1 heterocycles. The van der Waals surface area contributed by atoms with Gasteiger partial charge in [0.05, 0.1) is 5.56 Å². The Balaban J connectivity index is 1.92. The van der Waals surface area contributed by atoms with Crippen LogP contribution in [-0.4, -0.2) is 41.1 Å². The molecule has 0 aliphatic carbocycles. The number of aliphatic carboxylic acids is 1. The highest BCUT2D eigenvalue weighted by Crippen LogP contribution is 2.30. The average Bonchev–Trinajstić information content (AvgIpc) is 2.94. The van der Waals surface area contributed by atoms with Crippen LogP contribution in [0.1, 0.15) is 18.4 Å². The highest BCUT2D eigenvalue weighted by molar-refractivity contribution is 5.85. The Morgan fingerprint density at radius 3 is 2.45 bits per heavy atom. The van der Waals surface area contributed by atoms with E-state index in [4.69, 9.17) is 9.84 Å². The van der Waals surface area contributed by atoms with Gasteiger partial charge in [0, 0.05) is 6.54 Å². The van der Waals surface area contributed by atoms with E-state index in [1.165, 1.54) is 4.90 Å². The Labute approximate surface area is 124 Å². The lowest BCUT2D eigenvalue weighted by molar-refractivity contribution is -0.148. The quantitative estimate of drug-likeness (QED) is 0.924. The summed E-state index contributed by atoms with van der Waals surface area (Å²) >= 11 is 0. The van der Waals surface area contributed by atoms with Gasteiger partial charge in [0.15, 0.2) is 6.61 Å². The van der Waals surface area contributed by atoms with Gasteiger partial charge < -0.3 is 14.7 Å². The lowest BCUT2D eigenvalue weighted by Crippen LogP contribution is -2.42. The van der Waals surface area contributed by atoms with Crippen molar-refractivity contribution in [2.45, 2.75) is 25.1 Å². The summed E-state index contributed by atoms with van der Waals surface area (Å²) in [6.45, 7) is -0.0681. The van der Waals surface area contributed by atoms with Crippen molar-refractivity contribution in [3.63, 3.8) is 0 Å². The molecule has 5 nitrogen and oxygen atoms in total. The van der Waals surface area contributed by atoms with Crippen LogP contribution in [0, 0.1) is 0 Å². The van der Waals surface area contributed by atoms with Crippen molar-refractivity contribution in [3.8, 4) is 5.75 Å². The molecule has 0 unspecified atom stereocenters. The molecule has 0 saturated carbocycles. The Bertz CT molecular complexity index is 556. The van der Waals surface area contributed by atoms with E-state index in [2.05, 4.69) is 0 Å². The summed E-state index contributed by atoms with van der Waals surface area (Å²) in [5.41, 5.74) is -0.809. The fourth-order valence-corrected chi connectivity index (χ4v) is 2.29. The summed E-state index contributed by atoms with van der Waals surface area (Å²) < 4.78 is 42.3. The number of alkyl halides is 3. The van der Waals surface area contributed by atoms with Crippen LogP contribution >= 0.6 is 0 Å². The maximum absolute atomic E-state index is 12.4. The summed E-state index contributed by atoms with van der Waals surface area (Å²) in [5.74, 6) is -1.45. The second-order valence-electron chi connectivity index (χ2n) is 4.89. The highest BCUT2D eigenvalue weighted by atomic mass is 19.4. The van der Waals surface area contributed by atoms with Crippen LogP contribution in [0.4, 0.5) is 13.2 Å². The smallest absolute Gasteiger partial charge is 0.416 e. The van der Waals surface area contributed by atoms with Crippen molar-refractivity contribution >= 4 is 11.9 Å². The van der Waals surface area contributed by atoms with Gasteiger partial charge in [-0.05, 0) is 37.1 Å². The van der Waals surface area contributed by atoms with E-state index in [0.717, 1.165) is 24.3 Å². The first kappa shape index (κ1) is 16.1. The second-order valence-corrected chi connectivity index (χ2v) is 4.89. The molecule has 1 saturated heterocycles. The number of benzene rings is 1. The SMILES string of the molecule is O=C(O)[C@H]1CCCN1C(=O)COc1ccc(C(F)(F)F)cc1. The minimum atomic E-state index is -4.43. The lowest BCUT2D eigenvalue weighted by atomic mass is 10.2. The minimum Gasteiger partial charge on any atom is -0.484 e. The summed E-state index contributed by atoms with van der Waals surface area (Å²) in [6, 6.07) is 3.10. The van der Waals surface area contributed by atoms with Gasteiger partial charge in [-0.2, -0.15) is 13.2 Å². The summed E-state index contributed by atoms with van der Waals surface area (Å²) in [4.78, 5) is 24.1. The Kier molecular flexibility index (Phi) is 4.58. The first-order valence-corrected chi connectivity index (χ1v) is 6.61. The number of halogens is 3. The zero-order chi connectivity index (χ0) is 16.3. The molecule has 0 radical (unpaired) electrons. The highest BCUT2D eigenvalue weighted by Gasteiger charge is 2.34. The number of likely N-dealkylation sites (tertiary alicyclic amines) is 1. The van der Waals surface area contributed by atoms with E-state index in [1.54, 1.807) is 0 Å². The number of hydrogen-bond donors (Lipinski definition) is 1. The summed E-state index contributed by atoms with van der Waals surface area (Å²) in [6.07, 6.45) is -3.44. The zero-order valence-corrected chi connectivity index (χ0v) is 11.5. The molecule has 0 aromatic heterocycles. The van der Waals surface area contributed by atoms with Crippen LogP contribution in [0.15, 0.2) is 24.3 Å². The van der Waals surface area contributed by atoms with Crippen molar-refractivity contribution in [3.05, 3.63) is 29.8 Å². The summed E-state index contributed by atoms with van der Waals surface area (Å²) in [7, 11) is 0. The molecule has 1 aliphatic rings. The molecule has 120 valence electrons. The maximum atomic E-state index is 12.4. The molecule has 1 amide bonds. The third-order valence-electron chi connectivity index (χ3n) is 3.40. The molecule has 0 spiro atoms. The van der Waals surface area contributed by atoms with E-state index in [-0.39, 0.29) is 5.75 Å². The molecule has 22 heavy (non-hydrogen) atoms. The van der Waals surface area contributed by atoms with Crippen LogP contribution in [0.5, 0.6) is 5.75 Å². The van der Waals surface area contributed by atoms with Gasteiger partial charge in [0.2, 0.25) is 0 Å². The van der Waals surface area contributed by atoms with Gasteiger partial charge in [-0.1, -0.05) is 0 Å². The third kappa shape index (κ3) is 3.69. The number of nitrogens with zero attached hydrogens (tertiary/aromatic N) is 1. The number of rotatable bonds is 4. The minimum absolute atomic E-state index is 0.118. The third-order valence-corrected chi connectivity index (χ3v) is 3.40. The Hall–Kier alpha value is -2.25. The van der Waals surface area contributed by atoms with Crippen molar-refractivity contribution in [2.24, 2.45) is 0 Å². The first-order valence-electron chi connectivity index (χ1n) is 6.61. The monoisotopic (exact) mass is 317 g/mol. The van der Waals surface area contributed by atoms with Crippen molar-refractivity contribution in [1.82, 2.24) is 4.90 Å². The maximum Gasteiger partial charge on any atom is 0.416 e. The van der Waals surface area contributed by atoms with Crippen molar-refractivity contribution in [1.29, 1.82) is 0 Å². The molecule has 1 fully saturated rings. The van der Waals surface area contributed by atoms with Crippen LogP contribution in [0.25, 0.3) is 0 Å². The largest absolute Gasteiger partial charge is 0.484 e. The molecule has 1 aliphatic heterocycles. The number of carbonyl (C=O) groups is 2. The van der Waals surface area contributed by atoms with Gasteiger partial charge in [0.25, 0.3) is 5.91 Å². The number of carboxylic acids is 1. The molecule has 1 atom stereocenters. The second kappa shape index (κ2) is 6.25. The van der Waals surface area contributed by atoms with Crippen molar-refractivity contribution < 1.29 is 32.6 Å². The molecule has 0 bridgehead atoms. The van der Waals surface area contributed by atoms with Gasteiger partial charge >= 0.3 is 12.1 Å².